The molecule has 1 fully saturated rings. The minimum absolute atomic E-state index is 0.0125. The third-order valence-electron chi connectivity index (χ3n) is 4.70. The van der Waals surface area contributed by atoms with Crippen LogP contribution >= 0.6 is 11.8 Å². The third-order valence-corrected chi connectivity index (χ3v) is 5.71. The lowest BCUT2D eigenvalue weighted by Gasteiger charge is -2.24. The van der Waals surface area contributed by atoms with Crippen molar-refractivity contribution in [2.24, 2.45) is 0 Å². The minimum atomic E-state index is 0.0125. The zero-order chi connectivity index (χ0) is 16.5. The average molecular weight is 347 g/mol. The van der Waals surface area contributed by atoms with Gasteiger partial charge in [-0.15, -0.1) is 0 Å². The zero-order valence-corrected chi connectivity index (χ0v) is 14.6. The van der Waals surface area contributed by atoms with Crippen molar-refractivity contribution in [2.45, 2.75) is 51.1 Å². The smallest absolute Gasteiger partial charge is 0.267 e. The predicted octanol–water partition coefficient (Wildman–Crippen LogP) is 1.39. The van der Waals surface area contributed by atoms with Gasteiger partial charge in [0.05, 0.1) is 18.8 Å². The fraction of sp³-hybridized carbons (Fsp3) is 0.625. The van der Waals surface area contributed by atoms with E-state index in [4.69, 9.17) is 4.52 Å². The lowest BCUT2D eigenvalue weighted by atomic mass is 10.2. The first kappa shape index (κ1) is 15.8. The van der Waals surface area contributed by atoms with Crippen LogP contribution in [-0.2, 0) is 25.3 Å². The van der Waals surface area contributed by atoms with E-state index in [1.165, 1.54) is 0 Å². The molecule has 4 rings (SSSR count). The van der Waals surface area contributed by atoms with Crippen LogP contribution in [0.5, 0.6) is 0 Å². The summed E-state index contributed by atoms with van der Waals surface area (Å²) in [6.45, 7) is 4.09. The summed E-state index contributed by atoms with van der Waals surface area (Å²) in [5, 5.41) is 8.62. The summed E-state index contributed by atoms with van der Waals surface area (Å²) in [6.07, 6.45) is 3.15. The van der Waals surface area contributed by atoms with E-state index < -0.39 is 0 Å². The Morgan fingerprint density at radius 2 is 2.38 bits per heavy atom. The predicted molar refractivity (Wildman–Crippen MR) is 90.8 cm³/mol. The minimum Gasteiger partial charge on any atom is -0.340 e. The number of aryl methyl sites for hydroxylation is 2. The maximum Gasteiger partial charge on any atom is 0.267 e. The van der Waals surface area contributed by atoms with Crippen LogP contribution in [0.15, 0.2) is 15.4 Å². The highest BCUT2D eigenvalue weighted by atomic mass is 32.2. The van der Waals surface area contributed by atoms with Gasteiger partial charge in [-0.25, -0.2) is 4.68 Å². The first-order valence-electron chi connectivity index (χ1n) is 8.40. The van der Waals surface area contributed by atoms with E-state index in [2.05, 4.69) is 20.1 Å². The van der Waals surface area contributed by atoms with Crippen LogP contribution in [-0.4, -0.2) is 43.2 Å². The molecule has 1 unspecified atom stereocenters. The van der Waals surface area contributed by atoms with Gasteiger partial charge in [0, 0.05) is 31.2 Å². The SMILES string of the molecule is Cc1nc(CN2CCCC2Cn2nc3c(cc2=O)CSCC3)no1. The normalized spacial score (nSPS) is 21.1. The molecule has 0 aliphatic carbocycles. The van der Waals surface area contributed by atoms with Crippen molar-refractivity contribution >= 4 is 11.8 Å². The van der Waals surface area contributed by atoms with Gasteiger partial charge in [0.2, 0.25) is 5.89 Å². The van der Waals surface area contributed by atoms with E-state index in [1.807, 2.05) is 11.8 Å². The Morgan fingerprint density at radius 3 is 3.21 bits per heavy atom. The van der Waals surface area contributed by atoms with Crippen molar-refractivity contribution in [3.05, 3.63) is 39.4 Å². The lowest BCUT2D eigenvalue weighted by molar-refractivity contribution is 0.208. The van der Waals surface area contributed by atoms with Crippen molar-refractivity contribution in [2.75, 3.05) is 12.3 Å². The van der Waals surface area contributed by atoms with Crippen LogP contribution in [0, 0.1) is 6.92 Å². The van der Waals surface area contributed by atoms with Crippen LogP contribution in [0.2, 0.25) is 0 Å². The van der Waals surface area contributed by atoms with Crippen LogP contribution in [0.3, 0.4) is 0 Å². The van der Waals surface area contributed by atoms with E-state index in [-0.39, 0.29) is 5.56 Å². The molecule has 0 amide bonds. The zero-order valence-electron chi connectivity index (χ0n) is 13.8. The number of fused-ring (bicyclic) bond motifs is 1. The molecule has 0 saturated carbocycles. The Bertz CT molecular complexity index is 787. The summed E-state index contributed by atoms with van der Waals surface area (Å²) in [6, 6.07) is 2.07. The molecule has 0 N–H and O–H groups in total. The highest BCUT2D eigenvalue weighted by Gasteiger charge is 2.27. The molecular weight excluding hydrogens is 326 g/mol. The van der Waals surface area contributed by atoms with Gasteiger partial charge in [0.25, 0.3) is 5.56 Å². The Hall–Kier alpha value is -1.67. The highest BCUT2D eigenvalue weighted by molar-refractivity contribution is 7.98. The van der Waals surface area contributed by atoms with Gasteiger partial charge in [-0.2, -0.15) is 21.8 Å². The second kappa shape index (κ2) is 6.68. The fourth-order valence-corrected chi connectivity index (χ4v) is 4.43. The Kier molecular flexibility index (Phi) is 4.41. The fourth-order valence-electron chi connectivity index (χ4n) is 3.48. The van der Waals surface area contributed by atoms with Gasteiger partial charge < -0.3 is 4.52 Å². The van der Waals surface area contributed by atoms with E-state index >= 15 is 0 Å². The van der Waals surface area contributed by atoms with Crippen molar-refractivity contribution in [1.82, 2.24) is 24.8 Å². The number of likely N-dealkylation sites (tertiary alicyclic amines) is 1. The Morgan fingerprint density at radius 1 is 1.46 bits per heavy atom. The first-order chi connectivity index (χ1) is 11.7. The topological polar surface area (TPSA) is 77.1 Å². The van der Waals surface area contributed by atoms with Crippen LogP contribution in [0.25, 0.3) is 0 Å². The van der Waals surface area contributed by atoms with Crippen molar-refractivity contribution in [3.63, 3.8) is 0 Å². The van der Waals surface area contributed by atoms with Crippen molar-refractivity contribution < 1.29 is 4.52 Å². The maximum atomic E-state index is 12.4. The monoisotopic (exact) mass is 347 g/mol. The largest absolute Gasteiger partial charge is 0.340 e. The van der Waals surface area contributed by atoms with Crippen molar-refractivity contribution in [1.29, 1.82) is 0 Å². The van der Waals surface area contributed by atoms with Gasteiger partial charge in [-0.05, 0) is 30.7 Å². The summed E-state index contributed by atoms with van der Waals surface area (Å²) >= 11 is 1.87. The first-order valence-corrected chi connectivity index (χ1v) is 9.55. The number of rotatable bonds is 4. The molecule has 0 bridgehead atoms. The molecule has 2 aromatic heterocycles. The number of nitrogens with zero attached hydrogens (tertiary/aromatic N) is 5. The van der Waals surface area contributed by atoms with E-state index in [0.717, 1.165) is 48.6 Å². The van der Waals surface area contributed by atoms with E-state index in [1.54, 1.807) is 17.7 Å². The van der Waals surface area contributed by atoms with Gasteiger partial charge in [-0.3, -0.25) is 9.69 Å². The molecule has 0 radical (unpaired) electrons. The number of thioether (sulfide) groups is 1. The second-order valence-corrected chi connectivity index (χ2v) is 7.54. The Labute approximate surface area is 144 Å². The van der Waals surface area contributed by atoms with Gasteiger partial charge in [-0.1, -0.05) is 5.16 Å². The summed E-state index contributed by atoms with van der Waals surface area (Å²) in [4.78, 5) is 19.0. The molecule has 2 aromatic rings. The van der Waals surface area contributed by atoms with Gasteiger partial charge >= 0.3 is 0 Å². The van der Waals surface area contributed by atoms with Crippen LogP contribution in [0.1, 0.15) is 35.8 Å². The molecule has 2 aliphatic rings. The summed E-state index contributed by atoms with van der Waals surface area (Å²) in [7, 11) is 0. The lowest BCUT2D eigenvalue weighted by Crippen LogP contribution is -2.37. The molecule has 4 heterocycles. The molecule has 1 atom stereocenters. The highest BCUT2D eigenvalue weighted by Crippen LogP contribution is 2.23. The van der Waals surface area contributed by atoms with E-state index in [0.29, 0.717) is 30.8 Å². The third kappa shape index (κ3) is 3.25. The van der Waals surface area contributed by atoms with Crippen LogP contribution in [0.4, 0.5) is 0 Å². The summed E-state index contributed by atoms with van der Waals surface area (Å²) < 4.78 is 6.70. The maximum absolute atomic E-state index is 12.4. The number of aromatic nitrogens is 4. The quantitative estimate of drug-likeness (QED) is 0.827. The molecular formula is C16H21N5O2S. The summed E-state index contributed by atoms with van der Waals surface area (Å²) in [5.41, 5.74) is 2.21. The average Bonchev–Trinajstić information content (AvgIpc) is 3.18. The molecule has 128 valence electrons. The Balaban J connectivity index is 1.50. The second-order valence-electron chi connectivity index (χ2n) is 6.44. The van der Waals surface area contributed by atoms with Crippen LogP contribution < -0.4 is 5.56 Å². The molecule has 0 aromatic carbocycles. The molecule has 1 saturated heterocycles. The molecule has 2 aliphatic heterocycles. The number of hydrogen-bond acceptors (Lipinski definition) is 7. The van der Waals surface area contributed by atoms with E-state index in [9.17, 15) is 4.79 Å². The number of hydrogen-bond donors (Lipinski definition) is 0. The van der Waals surface area contributed by atoms with Gasteiger partial charge in [0.1, 0.15) is 0 Å². The van der Waals surface area contributed by atoms with Gasteiger partial charge in [0.15, 0.2) is 5.82 Å². The molecule has 24 heavy (non-hydrogen) atoms. The molecule has 0 spiro atoms. The summed E-state index contributed by atoms with van der Waals surface area (Å²) in [5.74, 6) is 3.30. The molecule has 7 nitrogen and oxygen atoms in total. The standard InChI is InChI=1S/C16H21N5O2S/c1-11-17-15(19-23-11)9-20-5-2-3-13(20)8-21-16(22)7-12-10-24-6-4-14(12)18-21/h7,13H,2-6,8-10H2,1H3. The van der Waals surface area contributed by atoms with Crippen molar-refractivity contribution in [3.8, 4) is 0 Å². The molecule has 8 heteroatoms.